The third kappa shape index (κ3) is 5.05. The van der Waals surface area contributed by atoms with Gasteiger partial charge in [-0.3, -0.25) is 9.59 Å². The molecule has 1 amide bonds. The standard InChI is InChI=1S/C20H18N6O5S2/c1-31-14-6-2-12(3-7-14)23-17(27)11-32-20-24-18-16(19(28)25-20)10-22-26(18)13-4-8-15(9-5-13)33(21,29)30/h2-10H,11H2,1H3,(H,23,27)(H2,21,29,30)(H,24,25,28). The van der Waals surface area contributed by atoms with Crippen molar-refractivity contribution < 1.29 is 17.9 Å². The van der Waals surface area contributed by atoms with Crippen LogP contribution in [0.25, 0.3) is 16.7 Å². The van der Waals surface area contributed by atoms with Crippen LogP contribution in [0.4, 0.5) is 5.69 Å². The van der Waals surface area contributed by atoms with Crippen LogP contribution in [0, 0.1) is 0 Å². The minimum absolute atomic E-state index is 0.0116. The molecule has 2 aromatic heterocycles. The number of rotatable bonds is 7. The number of sulfonamides is 1. The Balaban J connectivity index is 1.53. The molecule has 0 aliphatic carbocycles. The maximum absolute atomic E-state index is 12.5. The Morgan fingerprint density at radius 2 is 1.88 bits per heavy atom. The van der Waals surface area contributed by atoms with E-state index in [2.05, 4.69) is 20.4 Å². The van der Waals surface area contributed by atoms with Crippen LogP contribution in [0.2, 0.25) is 0 Å². The average molecular weight is 487 g/mol. The summed E-state index contributed by atoms with van der Waals surface area (Å²) in [5, 5.41) is 12.5. The van der Waals surface area contributed by atoms with Gasteiger partial charge in [0.1, 0.15) is 11.1 Å². The van der Waals surface area contributed by atoms with Gasteiger partial charge >= 0.3 is 0 Å². The first kappa shape index (κ1) is 22.5. The highest BCUT2D eigenvalue weighted by Crippen LogP contribution is 2.20. The van der Waals surface area contributed by atoms with E-state index in [9.17, 15) is 18.0 Å². The fourth-order valence-electron chi connectivity index (χ4n) is 2.94. The molecule has 13 heteroatoms. The number of amides is 1. The van der Waals surface area contributed by atoms with E-state index < -0.39 is 15.6 Å². The number of ether oxygens (including phenoxy) is 1. The molecule has 0 saturated carbocycles. The van der Waals surface area contributed by atoms with E-state index in [0.29, 0.717) is 17.1 Å². The molecule has 0 aliphatic heterocycles. The van der Waals surface area contributed by atoms with Crippen molar-refractivity contribution in [2.75, 3.05) is 18.2 Å². The number of benzene rings is 2. The van der Waals surface area contributed by atoms with Crippen LogP contribution in [-0.4, -0.2) is 46.9 Å². The number of fused-ring (bicyclic) bond motifs is 1. The number of nitrogens with zero attached hydrogens (tertiary/aromatic N) is 3. The molecule has 0 aliphatic rings. The van der Waals surface area contributed by atoms with Crippen LogP contribution >= 0.6 is 11.8 Å². The Kier molecular flexibility index (Phi) is 6.18. The van der Waals surface area contributed by atoms with Crippen molar-refractivity contribution >= 4 is 44.4 Å². The smallest absolute Gasteiger partial charge is 0.262 e. The van der Waals surface area contributed by atoms with Crippen molar-refractivity contribution in [1.29, 1.82) is 0 Å². The molecule has 11 nitrogen and oxygen atoms in total. The summed E-state index contributed by atoms with van der Waals surface area (Å²) in [5.74, 6) is 0.408. The molecule has 33 heavy (non-hydrogen) atoms. The largest absolute Gasteiger partial charge is 0.497 e. The first-order chi connectivity index (χ1) is 15.7. The van der Waals surface area contributed by atoms with E-state index in [1.54, 1.807) is 31.4 Å². The Labute approximate surface area is 192 Å². The molecule has 0 unspecified atom stereocenters. The van der Waals surface area contributed by atoms with Crippen LogP contribution in [0.3, 0.4) is 0 Å². The molecule has 0 bridgehead atoms. The minimum Gasteiger partial charge on any atom is -0.497 e. The highest BCUT2D eigenvalue weighted by Gasteiger charge is 2.14. The van der Waals surface area contributed by atoms with E-state index in [-0.39, 0.29) is 32.7 Å². The fraction of sp³-hybridized carbons (Fsp3) is 0.100. The maximum atomic E-state index is 12.5. The zero-order valence-corrected chi connectivity index (χ0v) is 18.8. The number of methoxy groups -OCH3 is 1. The van der Waals surface area contributed by atoms with Crippen molar-refractivity contribution in [2.45, 2.75) is 10.1 Å². The zero-order valence-electron chi connectivity index (χ0n) is 17.2. The number of hydrogen-bond acceptors (Lipinski definition) is 8. The Morgan fingerprint density at radius 1 is 1.18 bits per heavy atom. The van der Waals surface area contributed by atoms with Crippen LogP contribution in [0.5, 0.6) is 5.75 Å². The number of H-pyrrole nitrogens is 1. The summed E-state index contributed by atoms with van der Waals surface area (Å²) in [4.78, 5) is 31.7. The summed E-state index contributed by atoms with van der Waals surface area (Å²) >= 11 is 1.06. The van der Waals surface area contributed by atoms with Gasteiger partial charge in [0.25, 0.3) is 5.56 Å². The molecular formula is C20H18N6O5S2. The summed E-state index contributed by atoms with van der Waals surface area (Å²) in [6.45, 7) is 0. The molecule has 2 heterocycles. The van der Waals surface area contributed by atoms with Gasteiger partial charge in [-0.2, -0.15) is 5.10 Å². The molecule has 0 atom stereocenters. The quantitative estimate of drug-likeness (QED) is 0.261. The van der Waals surface area contributed by atoms with E-state index in [1.807, 2.05) is 0 Å². The Bertz CT molecular complexity index is 1480. The molecule has 0 spiro atoms. The molecule has 4 N–H and O–H groups in total. The highest BCUT2D eigenvalue weighted by atomic mass is 32.2. The summed E-state index contributed by atoms with van der Waals surface area (Å²) in [6, 6.07) is 12.6. The lowest BCUT2D eigenvalue weighted by molar-refractivity contribution is -0.113. The number of nitrogens with one attached hydrogen (secondary N) is 2. The van der Waals surface area contributed by atoms with E-state index in [0.717, 1.165) is 11.8 Å². The number of primary sulfonamides is 1. The predicted octanol–water partition coefficient (Wildman–Crippen LogP) is 1.50. The number of aromatic amines is 1. The Hall–Kier alpha value is -3.68. The summed E-state index contributed by atoms with van der Waals surface area (Å²) in [7, 11) is -2.28. The first-order valence-corrected chi connectivity index (χ1v) is 12.0. The van der Waals surface area contributed by atoms with Gasteiger partial charge < -0.3 is 15.0 Å². The number of carbonyl (C=O) groups excluding carboxylic acids is 1. The monoisotopic (exact) mass is 486 g/mol. The predicted molar refractivity (Wildman–Crippen MR) is 123 cm³/mol. The van der Waals surface area contributed by atoms with Gasteiger partial charge in [-0.15, -0.1) is 0 Å². The number of nitrogens with two attached hydrogens (primary N) is 1. The molecule has 170 valence electrons. The van der Waals surface area contributed by atoms with E-state index >= 15 is 0 Å². The third-order valence-corrected chi connectivity index (χ3v) is 6.34. The van der Waals surface area contributed by atoms with Crippen molar-refractivity contribution in [2.24, 2.45) is 5.14 Å². The molecular weight excluding hydrogens is 468 g/mol. The minimum atomic E-state index is -3.83. The molecule has 0 fully saturated rings. The molecule has 4 rings (SSSR count). The van der Waals surface area contributed by atoms with Crippen LogP contribution in [0.1, 0.15) is 0 Å². The fourth-order valence-corrected chi connectivity index (χ4v) is 4.11. The second kappa shape index (κ2) is 9.05. The lowest BCUT2D eigenvalue weighted by Gasteiger charge is -2.07. The zero-order chi connectivity index (χ0) is 23.6. The summed E-state index contributed by atoms with van der Waals surface area (Å²) in [6.07, 6.45) is 1.36. The van der Waals surface area contributed by atoms with Gasteiger partial charge in [0.2, 0.25) is 15.9 Å². The second-order valence-corrected chi connectivity index (χ2v) is 9.29. The lowest BCUT2D eigenvalue weighted by atomic mass is 10.3. The van der Waals surface area contributed by atoms with Crippen molar-refractivity contribution in [3.05, 3.63) is 65.1 Å². The SMILES string of the molecule is COc1ccc(NC(=O)CSc2nc3c(cnn3-c3ccc(S(N)(=O)=O)cc3)c(=O)[nH]2)cc1. The summed E-state index contributed by atoms with van der Waals surface area (Å²) in [5.41, 5.74) is 0.952. The van der Waals surface area contributed by atoms with Gasteiger partial charge in [0, 0.05) is 5.69 Å². The van der Waals surface area contributed by atoms with Crippen LogP contribution < -0.4 is 20.8 Å². The molecule has 0 saturated heterocycles. The Morgan fingerprint density at radius 3 is 2.52 bits per heavy atom. The van der Waals surface area contributed by atoms with E-state index in [1.165, 1.54) is 35.1 Å². The second-order valence-electron chi connectivity index (χ2n) is 6.77. The number of hydrogen-bond donors (Lipinski definition) is 3. The summed E-state index contributed by atoms with van der Waals surface area (Å²) < 4.78 is 29.4. The average Bonchev–Trinajstić information content (AvgIpc) is 3.22. The van der Waals surface area contributed by atoms with Gasteiger partial charge in [-0.1, -0.05) is 11.8 Å². The maximum Gasteiger partial charge on any atom is 0.262 e. The lowest BCUT2D eigenvalue weighted by Crippen LogP contribution is -2.15. The van der Waals surface area contributed by atoms with Crippen LogP contribution in [-0.2, 0) is 14.8 Å². The third-order valence-electron chi connectivity index (χ3n) is 4.54. The van der Waals surface area contributed by atoms with Gasteiger partial charge in [-0.25, -0.2) is 23.2 Å². The number of carbonyl (C=O) groups is 1. The van der Waals surface area contributed by atoms with Crippen LogP contribution in [0.15, 0.2) is 69.6 Å². The topological polar surface area (TPSA) is 162 Å². The van der Waals surface area contributed by atoms with Crippen molar-refractivity contribution in [1.82, 2.24) is 19.7 Å². The molecule has 4 aromatic rings. The van der Waals surface area contributed by atoms with Crippen molar-refractivity contribution in [3.63, 3.8) is 0 Å². The molecule has 0 radical (unpaired) electrons. The molecule has 2 aromatic carbocycles. The van der Waals surface area contributed by atoms with Crippen molar-refractivity contribution in [3.8, 4) is 11.4 Å². The first-order valence-electron chi connectivity index (χ1n) is 9.42. The van der Waals surface area contributed by atoms with E-state index in [4.69, 9.17) is 9.88 Å². The van der Waals surface area contributed by atoms with Gasteiger partial charge in [-0.05, 0) is 48.5 Å². The number of anilines is 1. The van der Waals surface area contributed by atoms with Gasteiger partial charge in [0.15, 0.2) is 10.8 Å². The number of thioether (sulfide) groups is 1. The normalized spacial score (nSPS) is 11.5. The highest BCUT2D eigenvalue weighted by molar-refractivity contribution is 7.99. The van der Waals surface area contributed by atoms with Gasteiger partial charge in [0.05, 0.1) is 29.6 Å². The number of aromatic nitrogens is 4.